The van der Waals surface area contributed by atoms with Crippen LogP contribution >= 0.6 is 0 Å². The second-order valence-corrected chi connectivity index (χ2v) is 5.13. The van der Waals surface area contributed by atoms with E-state index >= 15 is 0 Å². The zero-order valence-electron chi connectivity index (χ0n) is 12.1. The van der Waals surface area contributed by atoms with Crippen LogP contribution < -0.4 is 0 Å². The van der Waals surface area contributed by atoms with Crippen LogP contribution in [-0.2, 0) is 16.1 Å². The molecule has 1 heterocycles. The average Bonchev–Trinajstić information content (AvgIpc) is 2.48. The van der Waals surface area contributed by atoms with E-state index in [0.29, 0.717) is 36.9 Å². The lowest BCUT2D eigenvalue weighted by Gasteiger charge is -2.35. The Balaban J connectivity index is 2.08. The van der Waals surface area contributed by atoms with Gasteiger partial charge in [0, 0.05) is 30.8 Å². The van der Waals surface area contributed by atoms with E-state index in [4.69, 9.17) is 9.84 Å². The number of hydrogen-bond acceptors (Lipinski definition) is 3. The third kappa shape index (κ3) is 4.37. The Morgan fingerprint density at radius 1 is 1.57 bits per heavy atom. The molecule has 1 aromatic carbocycles. The van der Waals surface area contributed by atoms with Gasteiger partial charge >= 0.3 is 5.97 Å². The van der Waals surface area contributed by atoms with E-state index in [1.807, 2.05) is 0 Å². The Kier molecular flexibility index (Phi) is 5.47. The fraction of sp³-hybridized carbons (Fsp3) is 0.438. The van der Waals surface area contributed by atoms with E-state index in [-0.39, 0.29) is 5.82 Å². The lowest BCUT2D eigenvalue weighted by Crippen LogP contribution is -2.44. The van der Waals surface area contributed by atoms with Gasteiger partial charge < -0.3 is 9.84 Å². The lowest BCUT2D eigenvalue weighted by molar-refractivity contribution is -0.131. The van der Waals surface area contributed by atoms with Gasteiger partial charge in [-0.15, -0.1) is 0 Å². The van der Waals surface area contributed by atoms with E-state index in [2.05, 4.69) is 11.8 Å². The van der Waals surface area contributed by atoms with Crippen LogP contribution in [0.1, 0.15) is 24.5 Å². The molecule has 1 aromatic rings. The third-order valence-corrected chi connectivity index (χ3v) is 3.69. The van der Waals surface area contributed by atoms with Crippen LogP contribution in [0.5, 0.6) is 0 Å². The smallest absolute Gasteiger partial charge is 0.328 e. The molecule has 1 N–H and O–H groups in total. The van der Waals surface area contributed by atoms with E-state index < -0.39 is 5.97 Å². The first-order valence-corrected chi connectivity index (χ1v) is 7.11. The molecular formula is C16H20FNO3. The van der Waals surface area contributed by atoms with Crippen LogP contribution in [0.2, 0.25) is 0 Å². The zero-order valence-corrected chi connectivity index (χ0v) is 12.1. The predicted octanol–water partition coefficient (Wildman–Crippen LogP) is 2.53. The summed E-state index contributed by atoms with van der Waals surface area (Å²) < 4.78 is 19.6. The maximum atomic E-state index is 14.1. The molecule has 21 heavy (non-hydrogen) atoms. The van der Waals surface area contributed by atoms with Crippen LogP contribution in [0, 0.1) is 5.82 Å². The molecule has 1 fully saturated rings. The van der Waals surface area contributed by atoms with Crippen molar-refractivity contribution >= 4 is 12.0 Å². The van der Waals surface area contributed by atoms with Gasteiger partial charge in [-0.2, -0.15) is 0 Å². The quantitative estimate of drug-likeness (QED) is 0.848. The molecule has 1 aliphatic heterocycles. The lowest BCUT2D eigenvalue weighted by atomic mass is 10.1. The minimum absolute atomic E-state index is 0.302. The zero-order chi connectivity index (χ0) is 15.2. The molecule has 0 bridgehead atoms. The fourth-order valence-corrected chi connectivity index (χ4v) is 2.46. The van der Waals surface area contributed by atoms with Gasteiger partial charge in [-0.3, -0.25) is 4.90 Å². The van der Waals surface area contributed by atoms with E-state index in [0.717, 1.165) is 19.0 Å². The molecule has 0 saturated carbocycles. The molecule has 114 valence electrons. The van der Waals surface area contributed by atoms with Crippen molar-refractivity contribution in [2.24, 2.45) is 0 Å². The number of benzene rings is 1. The van der Waals surface area contributed by atoms with Gasteiger partial charge in [-0.05, 0) is 24.1 Å². The van der Waals surface area contributed by atoms with Crippen molar-refractivity contribution in [1.29, 1.82) is 0 Å². The SMILES string of the molecule is CCC1COCCN1Cc1ccc(C=CC(=O)O)cc1F. The van der Waals surface area contributed by atoms with Gasteiger partial charge in [0.25, 0.3) is 0 Å². The number of halogens is 1. The summed E-state index contributed by atoms with van der Waals surface area (Å²) in [5, 5.41) is 8.57. The number of carboxylic acids is 1. The van der Waals surface area contributed by atoms with Crippen molar-refractivity contribution in [1.82, 2.24) is 4.90 Å². The summed E-state index contributed by atoms with van der Waals surface area (Å²) in [7, 11) is 0. The van der Waals surface area contributed by atoms with Gasteiger partial charge in [0.2, 0.25) is 0 Å². The van der Waals surface area contributed by atoms with E-state index in [1.165, 1.54) is 12.1 Å². The number of carboxylic acid groups (broad SMARTS) is 1. The Morgan fingerprint density at radius 2 is 2.38 bits per heavy atom. The number of aliphatic carboxylic acids is 1. The summed E-state index contributed by atoms with van der Waals surface area (Å²) in [6.07, 6.45) is 3.36. The summed E-state index contributed by atoms with van der Waals surface area (Å²) in [4.78, 5) is 12.7. The van der Waals surface area contributed by atoms with E-state index in [9.17, 15) is 9.18 Å². The third-order valence-electron chi connectivity index (χ3n) is 3.69. The number of nitrogens with zero attached hydrogens (tertiary/aromatic N) is 1. The predicted molar refractivity (Wildman–Crippen MR) is 78.4 cm³/mol. The second-order valence-electron chi connectivity index (χ2n) is 5.13. The second kappa shape index (κ2) is 7.33. The highest BCUT2D eigenvalue weighted by molar-refractivity contribution is 5.85. The molecular weight excluding hydrogens is 273 g/mol. The first-order chi connectivity index (χ1) is 10.1. The fourth-order valence-electron chi connectivity index (χ4n) is 2.46. The molecule has 0 aromatic heterocycles. The number of ether oxygens (including phenoxy) is 1. The van der Waals surface area contributed by atoms with Crippen molar-refractivity contribution in [2.75, 3.05) is 19.8 Å². The molecule has 0 aliphatic carbocycles. The molecule has 0 amide bonds. The first kappa shape index (κ1) is 15.7. The van der Waals surface area contributed by atoms with Crippen LogP contribution in [-0.4, -0.2) is 41.8 Å². The summed E-state index contributed by atoms with van der Waals surface area (Å²) in [5.74, 6) is -1.34. The molecule has 0 spiro atoms. The highest BCUT2D eigenvalue weighted by atomic mass is 19.1. The Bertz CT molecular complexity index is 530. The molecule has 5 heteroatoms. The Labute approximate surface area is 123 Å². The Hall–Kier alpha value is -1.72. The maximum Gasteiger partial charge on any atom is 0.328 e. The molecule has 1 unspecified atom stereocenters. The van der Waals surface area contributed by atoms with Crippen LogP contribution in [0.4, 0.5) is 4.39 Å². The summed E-state index contributed by atoms with van der Waals surface area (Å²) in [6.45, 7) is 4.83. The summed E-state index contributed by atoms with van der Waals surface area (Å²) in [6, 6.07) is 5.15. The number of hydrogen-bond donors (Lipinski definition) is 1. The normalized spacial score (nSPS) is 20.0. The summed E-state index contributed by atoms with van der Waals surface area (Å²) >= 11 is 0. The van der Waals surface area contributed by atoms with Gasteiger partial charge in [0.1, 0.15) is 5.82 Å². The minimum atomic E-state index is -1.04. The Morgan fingerprint density at radius 3 is 3.05 bits per heavy atom. The van der Waals surface area contributed by atoms with Crippen LogP contribution in [0.25, 0.3) is 6.08 Å². The highest BCUT2D eigenvalue weighted by Crippen LogP contribution is 2.18. The first-order valence-electron chi connectivity index (χ1n) is 7.11. The molecule has 2 rings (SSSR count). The number of morpholine rings is 1. The van der Waals surface area contributed by atoms with Gasteiger partial charge in [0.15, 0.2) is 0 Å². The van der Waals surface area contributed by atoms with Crippen molar-refractivity contribution < 1.29 is 19.0 Å². The van der Waals surface area contributed by atoms with Gasteiger partial charge in [0.05, 0.1) is 13.2 Å². The van der Waals surface area contributed by atoms with Crippen molar-refractivity contribution in [3.05, 3.63) is 41.2 Å². The standard InChI is InChI=1S/C16H20FNO3/c1-2-14-11-21-8-7-18(14)10-13-5-3-12(9-15(13)17)4-6-16(19)20/h3-6,9,14H,2,7-8,10-11H2,1H3,(H,19,20). The van der Waals surface area contributed by atoms with Crippen LogP contribution in [0.15, 0.2) is 24.3 Å². The monoisotopic (exact) mass is 293 g/mol. The topological polar surface area (TPSA) is 49.8 Å². The highest BCUT2D eigenvalue weighted by Gasteiger charge is 2.22. The maximum absolute atomic E-state index is 14.1. The van der Waals surface area contributed by atoms with Gasteiger partial charge in [-0.1, -0.05) is 19.1 Å². The van der Waals surface area contributed by atoms with Crippen molar-refractivity contribution in [3.63, 3.8) is 0 Å². The molecule has 1 saturated heterocycles. The van der Waals surface area contributed by atoms with Crippen LogP contribution in [0.3, 0.4) is 0 Å². The van der Waals surface area contributed by atoms with Gasteiger partial charge in [-0.25, -0.2) is 9.18 Å². The molecule has 1 atom stereocenters. The largest absolute Gasteiger partial charge is 0.478 e. The number of carbonyl (C=O) groups is 1. The summed E-state index contributed by atoms with van der Waals surface area (Å²) in [5.41, 5.74) is 1.18. The van der Waals surface area contributed by atoms with E-state index in [1.54, 1.807) is 12.1 Å². The van der Waals surface area contributed by atoms with Crippen molar-refractivity contribution in [2.45, 2.75) is 25.9 Å². The molecule has 4 nitrogen and oxygen atoms in total. The average molecular weight is 293 g/mol. The minimum Gasteiger partial charge on any atom is -0.478 e. The molecule has 1 aliphatic rings. The number of rotatable bonds is 5. The molecule has 0 radical (unpaired) electrons. The van der Waals surface area contributed by atoms with Crippen molar-refractivity contribution in [3.8, 4) is 0 Å².